The highest BCUT2D eigenvalue weighted by Gasteiger charge is 2.00. The summed E-state index contributed by atoms with van der Waals surface area (Å²) in [7, 11) is 1.43. The molecule has 0 aliphatic heterocycles. The third-order valence-electron chi connectivity index (χ3n) is 3.54. The van der Waals surface area contributed by atoms with Gasteiger partial charge in [0, 0.05) is 19.5 Å². The Morgan fingerprint density at radius 2 is 1.81 bits per heavy atom. The molecule has 6 nitrogen and oxygen atoms in total. The van der Waals surface area contributed by atoms with Gasteiger partial charge in [0.05, 0.1) is 13.7 Å². The first-order valence-corrected chi connectivity index (χ1v) is 9.03. The van der Waals surface area contributed by atoms with Crippen LogP contribution in [0, 0.1) is 0 Å². The fourth-order valence-corrected chi connectivity index (χ4v) is 2.22. The Kier molecular flexibility index (Phi) is 15.9. The van der Waals surface area contributed by atoms with Crippen molar-refractivity contribution < 1.29 is 14.3 Å². The molecule has 148 valence electrons. The average molecular weight is 477 g/mol. The number of rotatable bonds is 12. The Morgan fingerprint density at radius 3 is 2.50 bits per heavy atom. The number of nitrogens with one attached hydrogen (secondary N) is 2. The predicted molar refractivity (Wildman–Crippen MR) is 116 cm³/mol. The van der Waals surface area contributed by atoms with E-state index in [1.807, 2.05) is 37.3 Å². The molecule has 26 heavy (non-hydrogen) atoms. The van der Waals surface area contributed by atoms with Gasteiger partial charge in [0.1, 0.15) is 12.4 Å². The first kappa shape index (κ1) is 24.5. The molecule has 0 spiro atoms. The molecule has 0 saturated heterocycles. The molecule has 0 heterocycles. The lowest BCUT2D eigenvalue weighted by molar-refractivity contribution is -0.140. The van der Waals surface area contributed by atoms with E-state index >= 15 is 0 Å². The Morgan fingerprint density at radius 1 is 1.08 bits per heavy atom. The number of aliphatic imine (C=N–C) groups is 1. The van der Waals surface area contributed by atoms with E-state index in [4.69, 9.17) is 4.74 Å². The molecule has 0 saturated carbocycles. The zero-order chi connectivity index (χ0) is 18.2. The van der Waals surface area contributed by atoms with Crippen LogP contribution in [0.5, 0.6) is 5.75 Å². The van der Waals surface area contributed by atoms with Crippen molar-refractivity contribution in [2.45, 2.75) is 39.0 Å². The number of guanidine groups is 1. The van der Waals surface area contributed by atoms with Gasteiger partial charge in [-0.3, -0.25) is 9.79 Å². The third-order valence-corrected chi connectivity index (χ3v) is 3.54. The zero-order valence-corrected chi connectivity index (χ0v) is 18.2. The Hall–Kier alpha value is -1.51. The van der Waals surface area contributed by atoms with Crippen LogP contribution in [0.1, 0.15) is 39.0 Å². The molecule has 0 bridgehead atoms. The van der Waals surface area contributed by atoms with Gasteiger partial charge in [-0.1, -0.05) is 31.0 Å². The monoisotopic (exact) mass is 477 g/mol. The Balaban J connectivity index is 0.00000625. The number of para-hydroxylation sites is 1. The summed E-state index contributed by atoms with van der Waals surface area (Å²) >= 11 is 0. The lowest BCUT2D eigenvalue weighted by atomic mass is 10.1. The van der Waals surface area contributed by atoms with Gasteiger partial charge in [-0.2, -0.15) is 0 Å². The van der Waals surface area contributed by atoms with Crippen LogP contribution in [0.15, 0.2) is 35.3 Å². The van der Waals surface area contributed by atoms with E-state index in [0.717, 1.165) is 50.5 Å². The number of esters is 1. The van der Waals surface area contributed by atoms with Crippen LogP contribution in [0.25, 0.3) is 0 Å². The minimum Gasteiger partial charge on any atom is -0.492 e. The van der Waals surface area contributed by atoms with Crippen molar-refractivity contribution in [3.05, 3.63) is 30.3 Å². The molecule has 1 aromatic rings. The number of methoxy groups -OCH3 is 1. The van der Waals surface area contributed by atoms with Crippen LogP contribution in [0.3, 0.4) is 0 Å². The molecular formula is C19H32IN3O3. The van der Waals surface area contributed by atoms with E-state index in [1.165, 1.54) is 7.11 Å². The molecule has 0 aliphatic carbocycles. The fourth-order valence-electron chi connectivity index (χ4n) is 2.22. The fraction of sp³-hybridized carbons (Fsp3) is 0.579. The maximum atomic E-state index is 11.0. The molecular weight excluding hydrogens is 445 g/mol. The number of unbranched alkanes of at least 4 members (excludes halogenated alkanes) is 3. The predicted octanol–water partition coefficient (Wildman–Crippen LogP) is 3.36. The second kappa shape index (κ2) is 16.9. The summed E-state index contributed by atoms with van der Waals surface area (Å²) in [6, 6.07) is 9.77. The molecule has 7 heteroatoms. The van der Waals surface area contributed by atoms with Crippen molar-refractivity contribution in [2.24, 2.45) is 4.99 Å². The number of ether oxygens (including phenoxy) is 2. The van der Waals surface area contributed by atoms with E-state index in [0.29, 0.717) is 19.6 Å². The SMILES string of the molecule is CCNC(=NCCCCCCC(=O)OC)NCCOc1ccccc1.I. The summed E-state index contributed by atoms with van der Waals surface area (Å²) < 4.78 is 10.3. The second-order valence-corrected chi connectivity index (χ2v) is 5.59. The van der Waals surface area contributed by atoms with Gasteiger partial charge in [0.2, 0.25) is 0 Å². The van der Waals surface area contributed by atoms with E-state index in [1.54, 1.807) is 0 Å². The maximum Gasteiger partial charge on any atom is 0.305 e. The topological polar surface area (TPSA) is 72.0 Å². The largest absolute Gasteiger partial charge is 0.492 e. The van der Waals surface area contributed by atoms with Gasteiger partial charge in [0.25, 0.3) is 0 Å². The minimum absolute atomic E-state index is 0. The Bertz CT molecular complexity index is 498. The molecule has 0 aromatic heterocycles. The minimum atomic E-state index is -0.130. The summed E-state index contributed by atoms with van der Waals surface area (Å²) in [5, 5.41) is 6.50. The Labute approximate surface area is 174 Å². The summed E-state index contributed by atoms with van der Waals surface area (Å²) in [4.78, 5) is 15.6. The first-order chi connectivity index (χ1) is 12.3. The van der Waals surface area contributed by atoms with Crippen molar-refractivity contribution in [2.75, 3.05) is 33.4 Å². The number of halogens is 1. The smallest absolute Gasteiger partial charge is 0.305 e. The second-order valence-electron chi connectivity index (χ2n) is 5.59. The number of hydrogen-bond donors (Lipinski definition) is 2. The molecule has 0 unspecified atom stereocenters. The van der Waals surface area contributed by atoms with Gasteiger partial charge in [-0.05, 0) is 31.9 Å². The van der Waals surface area contributed by atoms with E-state index in [-0.39, 0.29) is 29.9 Å². The van der Waals surface area contributed by atoms with E-state index in [2.05, 4.69) is 20.4 Å². The molecule has 1 rings (SSSR count). The van der Waals surface area contributed by atoms with Crippen LogP contribution in [-0.2, 0) is 9.53 Å². The lowest BCUT2D eigenvalue weighted by Gasteiger charge is -2.12. The van der Waals surface area contributed by atoms with Crippen molar-refractivity contribution in [1.29, 1.82) is 0 Å². The van der Waals surface area contributed by atoms with Gasteiger partial charge in [-0.25, -0.2) is 0 Å². The van der Waals surface area contributed by atoms with E-state index < -0.39 is 0 Å². The quantitative estimate of drug-likeness (QED) is 0.159. The van der Waals surface area contributed by atoms with Gasteiger partial charge in [-0.15, -0.1) is 24.0 Å². The molecule has 2 N–H and O–H groups in total. The highest BCUT2D eigenvalue weighted by atomic mass is 127. The number of carbonyl (C=O) groups excluding carboxylic acids is 1. The van der Waals surface area contributed by atoms with Crippen molar-refractivity contribution >= 4 is 35.9 Å². The molecule has 0 radical (unpaired) electrons. The van der Waals surface area contributed by atoms with E-state index in [9.17, 15) is 4.79 Å². The highest BCUT2D eigenvalue weighted by Crippen LogP contribution is 2.07. The molecule has 0 aliphatic rings. The van der Waals surface area contributed by atoms with Crippen LogP contribution < -0.4 is 15.4 Å². The molecule has 0 atom stereocenters. The summed E-state index contributed by atoms with van der Waals surface area (Å²) in [6.07, 6.45) is 4.49. The number of nitrogens with zero attached hydrogens (tertiary/aromatic N) is 1. The number of carbonyl (C=O) groups is 1. The lowest BCUT2D eigenvalue weighted by Crippen LogP contribution is -2.39. The third kappa shape index (κ3) is 12.8. The average Bonchev–Trinajstić information content (AvgIpc) is 2.64. The first-order valence-electron chi connectivity index (χ1n) is 9.03. The van der Waals surface area contributed by atoms with Crippen LogP contribution >= 0.6 is 24.0 Å². The van der Waals surface area contributed by atoms with Gasteiger partial charge in [0.15, 0.2) is 5.96 Å². The molecule has 0 fully saturated rings. The maximum absolute atomic E-state index is 11.0. The number of benzene rings is 1. The highest BCUT2D eigenvalue weighted by molar-refractivity contribution is 14.0. The van der Waals surface area contributed by atoms with Crippen molar-refractivity contribution in [3.8, 4) is 5.75 Å². The molecule has 1 aromatic carbocycles. The number of hydrogen-bond acceptors (Lipinski definition) is 4. The van der Waals surface area contributed by atoms with Crippen LogP contribution in [0.4, 0.5) is 0 Å². The van der Waals surface area contributed by atoms with Gasteiger partial charge >= 0.3 is 5.97 Å². The normalized spacial score (nSPS) is 10.6. The van der Waals surface area contributed by atoms with Crippen LogP contribution in [-0.4, -0.2) is 45.3 Å². The summed E-state index contributed by atoms with van der Waals surface area (Å²) in [5.74, 6) is 1.56. The zero-order valence-electron chi connectivity index (χ0n) is 15.8. The summed E-state index contributed by atoms with van der Waals surface area (Å²) in [6.45, 7) is 4.92. The standard InChI is InChI=1S/C19H31N3O3.HI/c1-3-20-19(21-14-10-5-4-9-13-18(23)24-2)22-15-16-25-17-11-7-6-8-12-17;/h6-8,11-12H,3-5,9-10,13-16H2,1-2H3,(H2,20,21,22);1H. The van der Waals surface area contributed by atoms with Crippen molar-refractivity contribution in [3.63, 3.8) is 0 Å². The van der Waals surface area contributed by atoms with Crippen molar-refractivity contribution in [1.82, 2.24) is 10.6 Å². The molecule has 0 amide bonds. The summed E-state index contributed by atoms with van der Waals surface area (Å²) in [5.41, 5.74) is 0. The van der Waals surface area contributed by atoms with Crippen LogP contribution in [0.2, 0.25) is 0 Å². The van der Waals surface area contributed by atoms with Gasteiger partial charge < -0.3 is 20.1 Å².